The Kier molecular flexibility index (Phi) is 7.25. The molecule has 0 radical (unpaired) electrons. The summed E-state index contributed by atoms with van der Waals surface area (Å²) in [5.41, 5.74) is 12.4. The summed E-state index contributed by atoms with van der Waals surface area (Å²) in [6, 6.07) is 24.1. The zero-order chi connectivity index (χ0) is 28.4. The second-order valence-corrected chi connectivity index (χ2v) is 9.62. The topological polar surface area (TPSA) is 101 Å². The lowest BCUT2D eigenvalue weighted by molar-refractivity contribution is -0.118. The Morgan fingerprint density at radius 1 is 0.900 bits per heavy atom. The van der Waals surface area contributed by atoms with Gasteiger partial charge >= 0.3 is 0 Å². The predicted molar refractivity (Wildman–Crippen MR) is 160 cm³/mol. The Labute approximate surface area is 231 Å². The van der Waals surface area contributed by atoms with Gasteiger partial charge in [-0.2, -0.15) is 0 Å². The van der Waals surface area contributed by atoms with Crippen molar-refractivity contribution in [3.05, 3.63) is 108 Å². The van der Waals surface area contributed by atoms with Crippen molar-refractivity contribution in [1.82, 2.24) is 9.88 Å². The van der Waals surface area contributed by atoms with Crippen LogP contribution in [0, 0.1) is 12.7 Å². The number of nitrogens with two attached hydrogens (primary N) is 1. The fourth-order valence-electron chi connectivity index (χ4n) is 4.98. The lowest BCUT2D eigenvalue weighted by Gasteiger charge is -2.15. The Hall–Kier alpha value is -5.11. The van der Waals surface area contributed by atoms with Crippen LogP contribution in [0.2, 0.25) is 0 Å². The molecule has 0 aliphatic carbocycles. The van der Waals surface area contributed by atoms with Gasteiger partial charge in [-0.05, 0) is 55.0 Å². The number of primary amides is 1. The highest BCUT2D eigenvalue weighted by Crippen LogP contribution is 2.37. The van der Waals surface area contributed by atoms with E-state index in [-0.39, 0.29) is 11.7 Å². The molecule has 0 fully saturated rings. The van der Waals surface area contributed by atoms with Crippen LogP contribution in [0.3, 0.4) is 0 Å². The molecule has 5 N–H and O–H groups in total. The number of para-hydroxylation sites is 1. The minimum atomic E-state index is -0.548. The van der Waals surface area contributed by atoms with E-state index in [9.17, 15) is 14.0 Å². The average Bonchev–Trinajstić information content (AvgIpc) is 3.27. The molecule has 1 aromatic heterocycles. The third-order valence-corrected chi connectivity index (χ3v) is 6.85. The van der Waals surface area contributed by atoms with Crippen molar-refractivity contribution in [2.45, 2.75) is 13.8 Å². The molecule has 5 rings (SSSR count). The highest BCUT2D eigenvalue weighted by Gasteiger charge is 2.18. The molecule has 0 unspecified atom stereocenters. The molecule has 0 spiro atoms. The van der Waals surface area contributed by atoms with Crippen LogP contribution in [0.25, 0.3) is 33.2 Å². The lowest BCUT2D eigenvalue weighted by Crippen LogP contribution is -2.27. The number of carbonyl (C=O) groups excluding carboxylic acids is 2. The van der Waals surface area contributed by atoms with Crippen LogP contribution < -0.4 is 21.7 Å². The molecule has 2 amide bonds. The van der Waals surface area contributed by atoms with Crippen LogP contribution in [0.15, 0.2) is 85.4 Å². The number of carbonyl (C=O) groups is 2. The zero-order valence-electron chi connectivity index (χ0n) is 22.3. The van der Waals surface area contributed by atoms with Gasteiger partial charge in [0.2, 0.25) is 5.91 Å². The summed E-state index contributed by atoms with van der Waals surface area (Å²) in [6.45, 7) is 8.49. The van der Waals surface area contributed by atoms with Crippen molar-refractivity contribution in [3.8, 4) is 5.69 Å². The number of nitrogens with one attached hydrogen (secondary N) is 3. The molecule has 0 atom stereocenters. The summed E-state index contributed by atoms with van der Waals surface area (Å²) in [6.07, 6.45) is 0. The Morgan fingerprint density at radius 2 is 1.68 bits per heavy atom. The van der Waals surface area contributed by atoms with E-state index in [2.05, 4.69) is 33.2 Å². The van der Waals surface area contributed by atoms with E-state index < -0.39 is 5.91 Å². The van der Waals surface area contributed by atoms with Gasteiger partial charge in [-0.15, -0.1) is 0 Å². The summed E-state index contributed by atoms with van der Waals surface area (Å²) < 4.78 is 16.1. The van der Waals surface area contributed by atoms with E-state index in [0.29, 0.717) is 35.7 Å². The molecular formula is C32H30FN5O2. The van der Waals surface area contributed by atoms with Crippen molar-refractivity contribution in [1.29, 1.82) is 0 Å². The van der Waals surface area contributed by atoms with Crippen LogP contribution in [-0.2, 0) is 4.79 Å². The molecule has 0 saturated heterocycles. The molecule has 5 aromatic rings. The first-order chi connectivity index (χ1) is 19.2. The van der Waals surface area contributed by atoms with E-state index in [4.69, 9.17) is 5.73 Å². The predicted octanol–water partition coefficient (Wildman–Crippen LogP) is 5.96. The molecule has 8 heteroatoms. The molecular weight excluding hydrogens is 505 g/mol. The van der Waals surface area contributed by atoms with Gasteiger partial charge < -0.3 is 26.3 Å². The molecule has 0 aliphatic heterocycles. The third kappa shape index (κ3) is 5.11. The SMILES string of the molecule is C=C(Nc1cc(F)ccc1C)c1cccc2c1c1ccccc1n2-c1ccc(C(N)=O)c(NCCNC(C)=O)c1. The van der Waals surface area contributed by atoms with Crippen molar-refractivity contribution < 1.29 is 14.0 Å². The van der Waals surface area contributed by atoms with E-state index in [1.165, 1.54) is 19.1 Å². The summed E-state index contributed by atoms with van der Waals surface area (Å²) in [5, 5.41) is 11.3. The molecule has 0 saturated carbocycles. The number of fused-ring (bicyclic) bond motifs is 3. The van der Waals surface area contributed by atoms with Crippen molar-refractivity contribution in [2.24, 2.45) is 5.73 Å². The van der Waals surface area contributed by atoms with Gasteiger partial charge in [0.25, 0.3) is 5.91 Å². The Morgan fingerprint density at radius 3 is 2.45 bits per heavy atom. The first-order valence-electron chi connectivity index (χ1n) is 12.9. The van der Waals surface area contributed by atoms with Gasteiger partial charge in [0.05, 0.1) is 16.6 Å². The fraction of sp³-hybridized carbons (Fsp3) is 0.125. The fourth-order valence-corrected chi connectivity index (χ4v) is 4.98. The standard InChI is InChI=1S/C32H30FN5O2/c1-19-11-12-22(33)17-27(19)37-20(2)24-8-6-10-30-31(24)26-7-4-5-9-29(26)38(30)23-13-14-25(32(34)40)28(18-23)36-16-15-35-21(3)39/h4-14,17-18,36-37H,2,15-16H2,1,3H3,(H2,34,40)(H,35,39). The molecule has 0 aliphatic rings. The normalized spacial score (nSPS) is 11.0. The molecule has 7 nitrogen and oxygen atoms in total. The van der Waals surface area contributed by atoms with E-state index >= 15 is 0 Å². The van der Waals surface area contributed by atoms with Gasteiger partial charge in [0.15, 0.2) is 0 Å². The van der Waals surface area contributed by atoms with E-state index in [1.807, 2.05) is 55.5 Å². The highest BCUT2D eigenvalue weighted by molar-refractivity contribution is 6.14. The number of anilines is 2. The maximum atomic E-state index is 14.0. The van der Waals surface area contributed by atoms with Crippen LogP contribution in [-0.4, -0.2) is 29.5 Å². The molecule has 0 bridgehead atoms. The second-order valence-electron chi connectivity index (χ2n) is 9.62. The molecule has 40 heavy (non-hydrogen) atoms. The summed E-state index contributed by atoms with van der Waals surface area (Å²) in [4.78, 5) is 23.4. The van der Waals surface area contributed by atoms with Gasteiger partial charge in [0.1, 0.15) is 5.82 Å². The number of benzene rings is 4. The number of nitrogens with zero attached hydrogens (tertiary/aromatic N) is 1. The van der Waals surface area contributed by atoms with Crippen molar-refractivity contribution >= 4 is 50.7 Å². The van der Waals surface area contributed by atoms with Gasteiger partial charge in [-0.1, -0.05) is 43.0 Å². The van der Waals surface area contributed by atoms with Crippen LogP contribution in [0.1, 0.15) is 28.4 Å². The summed E-state index contributed by atoms with van der Waals surface area (Å²) in [5.74, 6) is -1.000. The molecule has 202 valence electrons. The van der Waals surface area contributed by atoms with Crippen molar-refractivity contribution in [3.63, 3.8) is 0 Å². The third-order valence-electron chi connectivity index (χ3n) is 6.85. The first kappa shape index (κ1) is 26.5. The first-order valence-corrected chi connectivity index (χ1v) is 12.9. The minimum Gasteiger partial charge on any atom is -0.383 e. The Balaban J connectivity index is 1.63. The highest BCUT2D eigenvalue weighted by atomic mass is 19.1. The number of hydrogen-bond acceptors (Lipinski definition) is 4. The van der Waals surface area contributed by atoms with Crippen LogP contribution in [0.5, 0.6) is 0 Å². The quantitative estimate of drug-likeness (QED) is 0.175. The maximum Gasteiger partial charge on any atom is 0.250 e. The number of hydrogen-bond donors (Lipinski definition) is 4. The second kappa shape index (κ2) is 10.9. The summed E-state index contributed by atoms with van der Waals surface area (Å²) in [7, 11) is 0. The number of amides is 2. The van der Waals surface area contributed by atoms with Crippen molar-refractivity contribution in [2.75, 3.05) is 23.7 Å². The monoisotopic (exact) mass is 535 g/mol. The largest absolute Gasteiger partial charge is 0.383 e. The van der Waals surface area contributed by atoms with E-state index in [0.717, 1.165) is 38.6 Å². The van der Waals surface area contributed by atoms with E-state index in [1.54, 1.807) is 12.1 Å². The van der Waals surface area contributed by atoms with Gasteiger partial charge in [0, 0.05) is 59.1 Å². The number of rotatable bonds is 9. The van der Waals surface area contributed by atoms with Gasteiger partial charge in [-0.25, -0.2) is 4.39 Å². The van der Waals surface area contributed by atoms with Crippen LogP contribution in [0.4, 0.5) is 15.8 Å². The number of halogens is 1. The molecule has 4 aromatic carbocycles. The number of aromatic nitrogens is 1. The lowest BCUT2D eigenvalue weighted by atomic mass is 10.0. The van der Waals surface area contributed by atoms with Gasteiger partial charge in [-0.3, -0.25) is 9.59 Å². The minimum absolute atomic E-state index is 0.129. The maximum absolute atomic E-state index is 14.0. The smallest absolute Gasteiger partial charge is 0.250 e. The zero-order valence-corrected chi connectivity index (χ0v) is 22.3. The number of aryl methyl sites for hydroxylation is 1. The van der Waals surface area contributed by atoms with Crippen LogP contribution >= 0.6 is 0 Å². The Bertz CT molecular complexity index is 1790. The average molecular weight is 536 g/mol. The summed E-state index contributed by atoms with van der Waals surface area (Å²) >= 11 is 0. The molecule has 1 heterocycles.